The van der Waals surface area contributed by atoms with Gasteiger partial charge in [0.25, 0.3) is 0 Å². The van der Waals surface area contributed by atoms with E-state index >= 15 is 0 Å². The van der Waals surface area contributed by atoms with Crippen LogP contribution >= 0.6 is 0 Å². The van der Waals surface area contributed by atoms with Crippen molar-refractivity contribution in [2.75, 3.05) is 19.6 Å². The van der Waals surface area contributed by atoms with Gasteiger partial charge in [0, 0.05) is 0 Å². The monoisotopic (exact) mass is 198 g/mol. The summed E-state index contributed by atoms with van der Waals surface area (Å²) in [5, 5.41) is 0. The number of hydrogen-bond acceptors (Lipinski definition) is 0. The minimum absolute atomic E-state index is 0. The number of nitrogens with one attached hydrogen (secondary N) is 1. The largest absolute Gasteiger partial charge is 1.00 e. The van der Waals surface area contributed by atoms with Crippen LogP contribution in [0.3, 0.4) is 0 Å². The summed E-state index contributed by atoms with van der Waals surface area (Å²) in [5.41, 5.74) is 4.79. The molecule has 4 N–H and O–H groups in total. The van der Waals surface area contributed by atoms with Crippen LogP contribution in [0.15, 0.2) is 0 Å². The molecule has 3 rings (SSSR count). The number of halogens is 2. The van der Waals surface area contributed by atoms with Crippen LogP contribution in [0.1, 0.15) is 19.3 Å². The Balaban J connectivity index is 0.000000500. The molecule has 68 valence electrons. The maximum absolute atomic E-state index is 4.27. The van der Waals surface area contributed by atoms with Crippen LogP contribution in [0.5, 0.6) is 0 Å². The number of piperidine rings is 3. The van der Waals surface area contributed by atoms with Crippen molar-refractivity contribution in [3.63, 3.8) is 0 Å². The Morgan fingerprint density at radius 1 is 0.909 bits per heavy atom. The van der Waals surface area contributed by atoms with Gasteiger partial charge in [0.15, 0.2) is 0 Å². The molecular weight excluding hydrogens is 183 g/mol. The maximum atomic E-state index is 4.27. The first-order chi connectivity index (χ1) is 4.29. The molecule has 4 heteroatoms. The van der Waals surface area contributed by atoms with Crippen LogP contribution in [-0.2, 0) is 0 Å². The molecule has 3 heterocycles. The highest BCUT2D eigenvalue weighted by molar-refractivity contribution is 4.81. The van der Waals surface area contributed by atoms with Gasteiger partial charge >= 0.3 is 0 Å². The molecule has 3 fully saturated rings. The van der Waals surface area contributed by atoms with Crippen molar-refractivity contribution in [3.05, 3.63) is 0 Å². The van der Waals surface area contributed by atoms with Gasteiger partial charge in [-0.15, -0.1) is 0 Å². The summed E-state index contributed by atoms with van der Waals surface area (Å²) in [6, 6.07) is 0. The Bertz CT molecular complexity index is 108. The second kappa shape index (κ2) is 3.94. The van der Waals surface area contributed by atoms with E-state index in [1.54, 1.807) is 0 Å². The lowest BCUT2D eigenvalue weighted by Gasteiger charge is -2.40. The van der Waals surface area contributed by atoms with E-state index in [4.69, 9.17) is 0 Å². The van der Waals surface area contributed by atoms with Crippen LogP contribution in [0, 0.1) is 0 Å². The molecule has 0 aliphatic carbocycles. The molecule has 0 unspecified atom stereocenters. The molecular formula is C7H16Cl2N2. The van der Waals surface area contributed by atoms with Crippen molar-refractivity contribution >= 4 is 0 Å². The smallest absolute Gasteiger partial charge is 0.111 e. The van der Waals surface area contributed by atoms with E-state index in [-0.39, 0.29) is 24.8 Å². The summed E-state index contributed by atoms with van der Waals surface area (Å²) in [6.07, 6.45) is 4.13. The van der Waals surface area contributed by atoms with Gasteiger partial charge in [-0.05, 0) is 0 Å². The number of hydrogen-bond donors (Lipinski definition) is 2. The van der Waals surface area contributed by atoms with Crippen LogP contribution in [0.25, 0.3) is 0 Å². The maximum Gasteiger partial charge on any atom is 0.111 e. The Morgan fingerprint density at radius 2 is 1.27 bits per heavy atom. The van der Waals surface area contributed by atoms with Gasteiger partial charge in [0.2, 0.25) is 0 Å². The first kappa shape index (κ1) is 11.5. The number of quaternary nitrogens is 2. The standard InChI is InChI=1S/C7H14N2.2ClH/c8-7-1-4-9(5-2-7)6-3-7;;/h1-6,8H2;2*1H. The summed E-state index contributed by atoms with van der Waals surface area (Å²) < 4.78 is 0. The highest BCUT2D eigenvalue weighted by Crippen LogP contribution is 2.17. The van der Waals surface area contributed by atoms with Gasteiger partial charge in [-0.2, -0.15) is 0 Å². The zero-order valence-electron chi connectivity index (χ0n) is 6.71. The predicted octanol–water partition coefficient (Wildman–Crippen LogP) is -7.94. The number of fused-ring (bicyclic) bond motifs is 3. The SMILES string of the molecule is [Cl-].[Cl-].[NH3+]C12CC[NH+](CC1)CC2. The van der Waals surface area contributed by atoms with Crippen molar-refractivity contribution in [2.45, 2.75) is 24.8 Å². The van der Waals surface area contributed by atoms with Gasteiger partial charge in [0.1, 0.15) is 5.54 Å². The quantitative estimate of drug-likeness (QED) is 0.388. The van der Waals surface area contributed by atoms with Gasteiger partial charge in [-0.1, -0.05) is 0 Å². The van der Waals surface area contributed by atoms with Crippen LogP contribution in [0.2, 0.25) is 0 Å². The van der Waals surface area contributed by atoms with E-state index in [0.29, 0.717) is 5.54 Å². The van der Waals surface area contributed by atoms with Gasteiger partial charge in [-0.25, -0.2) is 0 Å². The Kier molecular flexibility index (Phi) is 4.12. The van der Waals surface area contributed by atoms with E-state index in [1.807, 2.05) is 4.90 Å². The highest BCUT2D eigenvalue weighted by Gasteiger charge is 2.42. The fraction of sp³-hybridized carbons (Fsp3) is 1.00. The Labute approximate surface area is 80.3 Å². The van der Waals surface area contributed by atoms with E-state index < -0.39 is 0 Å². The van der Waals surface area contributed by atoms with Crippen molar-refractivity contribution in [2.24, 2.45) is 0 Å². The molecule has 2 nitrogen and oxygen atoms in total. The molecule has 0 saturated carbocycles. The van der Waals surface area contributed by atoms with Crippen LogP contribution in [-0.4, -0.2) is 25.2 Å². The minimum atomic E-state index is 0. The molecule has 0 aromatic carbocycles. The molecule has 0 aromatic rings. The van der Waals surface area contributed by atoms with Gasteiger partial charge in [-0.3, -0.25) is 0 Å². The first-order valence-electron chi connectivity index (χ1n) is 3.97. The van der Waals surface area contributed by atoms with Crippen molar-refractivity contribution in [3.8, 4) is 0 Å². The van der Waals surface area contributed by atoms with E-state index in [0.717, 1.165) is 0 Å². The fourth-order valence-electron chi connectivity index (χ4n) is 2.08. The van der Waals surface area contributed by atoms with E-state index in [9.17, 15) is 0 Å². The summed E-state index contributed by atoms with van der Waals surface area (Å²) in [5.74, 6) is 0. The molecule has 0 aromatic heterocycles. The third-order valence-corrected chi connectivity index (χ3v) is 3.03. The average Bonchev–Trinajstić information content (AvgIpc) is 1.90. The molecule has 2 bridgehead atoms. The topological polar surface area (TPSA) is 32.1 Å². The summed E-state index contributed by atoms with van der Waals surface area (Å²) in [6.45, 7) is 4.18. The van der Waals surface area contributed by atoms with Crippen molar-refractivity contribution in [1.82, 2.24) is 0 Å². The Morgan fingerprint density at radius 3 is 1.45 bits per heavy atom. The molecule has 11 heavy (non-hydrogen) atoms. The third-order valence-electron chi connectivity index (χ3n) is 3.03. The second-order valence-corrected chi connectivity index (χ2v) is 3.75. The van der Waals surface area contributed by atoms with Crippen LogP contribution in [0.4, 0.5) is 0 Å². The zero-order valence-corrected chi connectivity index (χ0v) is 8.22. The lowest BCUT2D eigenvalue weighted by atomic mass is 9.81. The predicted molar refractivity (Wildman–Crippen MR) is 35.0 cm³/mol. The van der Waals surface area contributed by atoms with Crippen molar-refractivity contribution < 1.29 is 35.4 Å². The summed E-state index contributed by atoms with van der Waals surface area (Å²) in [7, 11) is 0. The second-order valence-electron chi connectivity index (χ2n) is 3.75. The molecule has 0 atom stereocenters. The van der Waals surface area contributed by atoms with Gasteiger partial charge in [0.05, 0.1) is 38.9 Å². The summed E-state index contributed by atoms with van der Waals surface area (Å²) in [4.78, 5) is 1.82. The first-order valence-corrected chi connectivity index (χ1v) is 3.97. The molecule has 3 aliphatic rings. The minimum Gasteiger partial charge on any atom is -1.00 e. The highest BCUT2D eigenvalue weighted by atomic mass is 35.5. The molecule has 0 radical (unpaired) electrons. The third kappa shape index (κ3) is 2.22. The molecule has 0 spiro atoms. The lowest BCUT2D eigenvalue weighted by Crippen LogP contribution is -3.17. The molecule has 0 amide bonds. The number of rotatable bonds is 0. The normalized spacial score (nSPS) is 40.6. The fourth-order valence-corrected chi connectivity index (χ4v) is 2.08. The molecule has 3 saturated heterocycles. The zero-order chi connectivity index (χ0) is 6.32. The lowest BCUT2D eigenvalue weighted by molar-refractivity contribution is -0.926. The average molecular weight is 199 g/mol. The van der Waals surface area contributed by atoms with Gasteiger partial charge < -0.3 is 35.4 Å². The molecule has 3 aliphatic heterocycles. The Hall–Kier alpha value is 0.500. The summed E-state index contributed by atoms with van der Waals surface area (Å²) >= 11 is 0. The van der Waals surface area contributed by atoms with E-state index in [2.05, 4.69) is 5.73 Å². The van der Waals surface area contributed by atoms with Crippen LogP contribution < -0.4 is 35.4 Å². The van der Waals surface area contributed by atoms with Crippen molar-refractivity contribution in [1.29, 1.82) is 0 Å². The van der Waals surface area contributed by atoms with E-state index in [1.165, 1.54) is 38.9 Å².